The number of hydrogen-bond acceptors (Lipinski definition) is 1. The topological polar surface area (TPSA) is 12.0 Å². The first-order valence-electron chi connectivity index (χ1n) is 5.88. The van der Waals surface area contributed by atoms with E-state index in [-0.39, 0.29) is 0 Å². The monoisotopic (exact) mass is 245 g/mol. The molecule has 0 aliphatic carbocycles. The van der Waals surface area contributed by atoms with E-state index in [1.54, 1.807) is 0 Å². The second-order valence-corrected chi connectivity index (χ2v) is 4.46. The molecule has 0 aliphatic rings. The van der Waals surface area contributed by atoms with Gasteiger partial charge in [-0.25, -0.2) is 0 Å². The van der Waals surface area contributed by atoms with Gasteiger partial charge in [-0.2, -0.15) is 0 Å². The SMILES string of the molecule is Clc1ccc(NCCCc2ccccc2)cc1. The smallest absolute Gasteiger partial charge is 0.0407 e. The van der Waals surface area contributed by atoms with Gasteiger partial charge < -0.3 is 5.32 Å². The summed E-state index contributed by atoms with van der Waals surface area (Å²) in [6, 6.07) is 18.4. The molecule has 0 amide bonds. The lowest BCUT2D eigenvalue weighted by Crippen LogP contribution is -2.02. The number of aryl methyl sites for hydroxylation is 1. The minimum atomic E-state index is 0.778. The van der Waals surface area contributed by atoms with Gasteiger partial charge in [-0.15, -0.1) is 0 Å². The quantitative estimate of drug-likeness (QED) is 0.771. The Morgan fingerprint density at radius 3 is 2.29 bits per heavy atom. The molecule has 0 aliphatic heterocycles. The fourth-order valence-electron chi connectivity index (χ4n) is 1.74. The van der Waals surface area contributed by atoms with Crippen LogP contribution in [0.2, 0.25) is 5.02 Å². The maximum absolute atomic E-state index is 5.83. The minimum absolute atomic E-state index is 0.778. The van der Waals surface area contributed by atoms with Crippen LogP contribution in [0.15, 0.2) is 54.6 Å². The first-order chi connectivity index (χ1) is 8.34. The summed E-state index contributed by atoms with van der Waals surface area (Å²) in [5.74, 6) is 0. The lowest BCUT2D eigenvalue weighted by atomic mass is 10.1. The zero-order valence-corrected chi connectivity index (χ0v) is 10.5. The third-order valence-electron chi connectivity index (χ3n) is 2.66. The van der Waals surface area contributed by atoms with Gasteiger partial charge in [0, 0.05) is 17.3 Å². The van der Waals surface area contributed by atoms with Crippen LogP contribution in [-0.2, 0) is 6.42 Å². The van der Waals surface area contributed by atoms with E-state index in [1.165, 1.54) is 5.56 Å². The van der Waals surface area contributed by atoms with Crippen LogP contribution in [0.4, 0.5) is 5.69 Å². The van der Waals surface area contributed by atoms with Crippen molar-refractivity contribution in [3.8, 4) is 0 Å². The summed E-state index contributed by atoms with van der Waals surface area (Å²) in [6.07, 6.45) is 2.24. The van der Waals surface area contributed by atoms with Crippen LogP contribution in [-0.4, -0.2) is 6.54 Å². The standard InChI is InChI=1S/C15H16ClN/c16-14-8-10-15(11-9-14)17-12-4-7-13-5-2-1-3-6-13/h1-3,5-6,8-11,17H,4,7,12H2. The van der Waals surface area contributed by atoms with Crippen LogP contribution in [0, 0.1) is 0 Å². The van der Waals surface area contributed by atoms with Gasteiger partial charge in [-0.05, 0) is 42.7 Å². The maximum Gasteiger partial charge on any atom is 0.0407 e. The van der Waals surface area contributed by atoms with Gasteiger partial charge in [0.05, 0.1) is 0 Å². The average Bonchev–Trinajstić information content (AvgIpc) is 2.38. The van der Waals surface area contributed by atoms with Crippen molar-refractivity contribution in [1.82, 2.24) is 0 Å². The Labute approximate surface area is 107 Å². The summed E-state index contributed by atoms with van der Waals surface area (Å²) in [5, 5.41) is 4.16. The van der Waals surface area contributed by atoms with Gasteiger partial charge in [0.2, 0.25) is 0 Å². The van der Waals surface area contributed by atoms with Crippen molar-refractivity contribution in [2.75, 3.05) is 11.9 Å². The molecule has 0 bridgehead atoms. The number of benzene rings is 2. The Morgan fingerprint density at radius 1 is 0.882 bits per heavy atom. The van der Waals surface area contributed by atoms with E-state index in [2.05, 4.69) is 35.6 Å². The number of rotatable bonds is 5. The molecule has 0 aromatic heterocycles. The molecule has 0 heterocycles. The summed E-state index contributed by atoms with van der Waals surface area (Å²) >= 11 is 5.83. The van der Waals surface area contributed by atoms with Crippen molar-refractivity contribution in [2.24, 2.45) is 0 Å². The third kappa shape index (κ3) is 4.12. The fraction of sp³-hybridized carbons (Fsp3) is 0.200. The number of hydrogen-bond donors (Lipinski definition) is 1. The molecule has 0 spiro atoms. The molecule has 0 atom stereocenters. The van der Waals surface area contributed by atoms with E-state index in [1.807, 2.05) is 24.3 Å². The average molecular weight is 246 g/mol. The van der Waals surface area contributed by atoms with Crippen LogP contribution in [0.1, 0.15) is 12.0 Å². The van der Waals surface area contributed by atoms with E-state index in [0.29, 0.717) is 0 Å². The van der Waals surface area contributed by atoms with Crippen molar-refractivity contribution < 1.29 is 0 Å². The van der Waals surface area contributed by atoms with Crippen molar-refractivity contribution in [1.29, 1.82) is 0 Å². The Balaban J connectivity index is 1.71. The van der Waals surface area contributed by atoms with E-state index < -0.39 is 0 Å². The van der Waals surface area contributed by atoms with Gasteiger partial charge in [-0.1, -0.05) is 41.9 Å². The fourth-order valence-corrected chi connectivity index (χ4v) is 1.86. The first-order valence-corrected chi connectivity index (χ1v) is 6.26. The van der Waals surface area contributed by atoms with E-state index in [0.717, 1.165) is 30.1 Å². The molecule has 2 aromatic rings. The minimum Gasteiger partial charge on any atom is -0.385 e. The Kier molecular flexibility index (Phi) is 4.45. The van der Waals surface area contributed by atoms with Gasteiger partial charge in [0.1, 0.15) is 0 Å². The lowest BCUT2D eigenvalue weighted by molar-refractivity contribution is 0.863. The zero-order chi connectivity index (χ0) is 11.9. The van der Waals surface area contributed by atoms with Crippen molar-refractivity contribution >= 4 is 17.3 Å². The highest BCUT2D eigenvalue weighted by Gasteiger charge is 1.93. The molecule has 0 radical (unpaired) electrons. The molecule has 0 unspecified atom stereocenters. The Hall–Kier alpha value is -1.47. The van der Waals surface area contributed by atoms with Crippen LogP contribution in [0.5, 0.6) is 0 Å². The van der Waals surface area contributed by atoms with Gasteiger partial charge in [-0.3, -0.25) is 0 Å². The molecule has 1 N–H and O–H groups in total. The first kappa shape index (κ1) is 12.0. The van der Waals surface area contributed by atoms with E-state index >= 15 is 0 Å². The van der Waals surface area contributed by atoms with Crippen LogP contribution in [0.25, 0.3) is 0 Å². The summed E-state index contributed by atoms with van der Waals surface area (Å²) < 4.78 is 0. The summed E-state index contributed by atoms with van der Waals surface area (Å²) in [6.45, 7) is 0.983. The molecule has 88 valence electrons. The summed E-state index contributed by atoms with van der Waals surface area (Å²) in [4.78, 5) is 0. The summed E-state index contributed by atoms with van der Waals surface area (Å²) in [5.41, 5.74) is 2.52. The normalized spacial score (nSPS) is 10.2. The molecule has 2 heteroatoms. The molecule has 2 aromatic carbocycles. The molecule has 1 nitrogen and oxygen atoms in total. The maximum atomic E-state index is 5.83. The Bertz CT molecular complexity index is 436. The second kappa shape index (κ2) is 6.31. The van der Waals surface area contributed by atoms with Crippen molar-refractivity contribution in [3.05, 3.63) is 65.2 Å². The van der Waals surface area contributed by atoms with Crippen molar-refractivity contribution in [3.63, 3.8) is 0 Å². The lowest BCUT2D eigenvalue weighted by Gasteiger charge is -2.06. The highest BCUT2D eigenvalue weighted by molar-refractivity contribution is 6.30. The van der Waals surface area contributed by atoms with Gasteiger partial charge >= 0.3 is 0 Å². The number of nitrogens with one attached hydrogen (secondary N) is 1. The largest absolute Gasteiger partial charge is 0.385 e. The highest BCUT2D eigenvalue weighted by atomic mass is 35.5. The molecule has 0 saturated carbocycles. The molecule has 0 fully saturated rings. The number of anilines is 1. The van der Waals surface area contributed by atoms with Crippen molar-refractivity contribution in [2.45, 2.75) is 12.8 Å². The van der Waals surface area contributed by atoms with Gasteiger partial charge in [0.25, 0.3) is 0 Å². The molecular formula is C15H16ClN. The molecular weight excluding hydrogens is 230 g/mol. The van der Waals surface area contributed by atoms with E-state index in [4.69, 9.17) is 11.6 Å². The molecule has 0 saturated heterocycles. The summed E-state index contributed by atoms with van der Waals surface area (Å²) in [7, 11) is 0. The van der Waals surface area contributed by atoms with Gasteiger partial charge in [0.15, 0.2) is 0 Å². The predicted octanol–water partition coefficient (Wildman–Crippen LogP) is 4.38. The second-order valence-electron chi connectivity index (χ2n) is 4.02. The van der Waals surface area contributed by atoms with Crippen LogP contribution in [0.3, 0.4) is 0 Å². The molecule has 2 rings (SSSR count). The number of halogens is 1. The van der Waals surface area contributed by atoms with E-state index in [9.17, 15) is 0 Å². The van der Waals surface area contributed by atoms with Crippen LogP contribution < -0.4 is 5.32 Å². The molecule has 17 heavy (non-hydrogen) atoms. The Morgan fingerprint density at radius 2 is 1.59 bits per heavy atom. The highest BCUT2D eigenvalue weighted by Crippen LogP contribution is 2.13. The zero-order valence-electron chi connectivity index (χ0n) is 9.70. The van der Waals surface area contributed by atoms with Crippen LogP contribution >= 0.6 is 11.6 Å². The predicted molar refractivity (Wildman–Crippen MR) is 74.7 cm³/mol. The third-order valence-corrected chi connectivity index (χ3v) is 2.91.